The van der Waals surface area contributed by atoms with Crippen molar-refractivity contribution < 1.29 is 23.0 Å². The lowest BCUT2D eigenvalue weighted by Crippen LogP contribution is -2.42. The molecule has 1 aromatic heterocycles. The van der Waals surface area contributed by atoms with E-state index in [1.54, 1.807) is 12.1 Å². The van der Waals surface area contributed by atoms with Crippen molar-refractivity contribution in [2.75, 3.05) is 6.61 Å². The average Bonchev–Trinajstić information content (AvgIpc) is 3.15. The first-order valence-electron chi connectivity index (χ1n) is 9.97. The van der Waals surface area contributed by atoms with Crippen LogP contribution in [-0.2, 0) is 16.0 Å². The van der Waals surface area contributed by atoms with Gasteiger partial charge >= 0.3 is 0 Å². The van der Waals surface area contributed by atoms with Crippen LogP contribution in [0.1, 0.15) is 11.5 Å². The summed E-state index contributed by atoms with van der Waals surface area (Å²) < 4.78 is 35.4. The second-order valence-corrected chi connectivity index (χ2v) is 10.3. The van der Waals surface area contributed by atoms with Gasteiger partial charge in [0.15, 0.2) is 0 Å². The zero-order valence-corrected chi connectivity index (χ0v) is 18.3. The Labute approximate surface area is 185 Å². The Morgan fingerprint density at radius 3 is 2.19 bits per heavy atom. The Bertz CT molecular complexity index is 1280. The maximum absolute atomic E-state index is 13.2. The van der Waals surface area contributed by atoms with Crippen molar-refractivity contribution in [1.29, 1.82) is 0 Å². The average molecular weight is 453 g/mol. The molecule has 8 heteroatoms. The van der Waals surface area contributed by atoms with E-state index in [0.29, 0.717) is 24.7 Å². The molecule has 32 heavy (non-hydrogen) atoms. The number of ether oxygens (including phenoxy) is 1. The number of nitrogens with zero attached hydrogens (tertiary/aromatic N) is 1. The maximum Gasteiger partial charge on any atom is 0.226 e. The van der Waals surface area contributed by atoms with E-state index < -0.39 is 9.53 Å². The number of phenolic OH excluding ortho intramolecular Hbond substituents is 1. The van der Waals surface area contributed by atoms with Crippen LogP contribution in [-0.4, -0.2) is 25.5 Å². The zero-order chi connectivity index (χ0) is 22.8. The molecule has 0 radical (unpaired) electrons. The van der Waals surface area contributed by atoms with Crippen molar-refractivity contribution >= 4 is 9.53 Å². The monoisotopic (exact) mass is 452 g/mol. The number of rotatable bonds is 7. The van der Waals surface area contributed by atoms with Gasteiger partial charge in [0.25, 0.3) is 0 Å². The Hall–Kier alpha value is -3.46. The third-order valence-corrected chi connectivity index (χ3v) is 7.46. The normalized spacial score (nSPS) is 12.8. The van der Waals surface area contributed by atoms with Crippen LogP contribution in [0.15, 0.2) is 93.1 Å². The molecular weight excluding hydrogens is 428 g/mol. The van der Waals surface area contributed by atoms with Crippen molar-refractivity contribution in [1.82, 2.24) is 4.98 Å². The number of nitrogens with two attached hydrogens (primary N) is 1. The lowest BCUT2D eigenvalue weighted by atomic mass is 10.2. The van der Waals surface area contributed by atoms with Gasteiger partial charge in [-0.3, -0.25) is 4.55 Å². The third-order valence-electron chi connectivity index (χ3n) is 5.09. The molecule has 4 rings (SSSR count). The van der Waals surface area contributed by atoms with E-state index in [-0.39, 0.29) is 15.5 Å². The molecule has 0 spiro atoms. The molecule has 4 N–H and O–H groups in total. The van der Waals surface area contributed by atoms with Gasteiger partial charge in [0.1, 0.15) is 17.3 Å². The smallest absolute Gasteiger partial charge is 0.226 e. The molecule has 0 unspecified atom stereocenters. The summed E-state index contributed by atoms with van der Waals surface area (Å²) in [7, 11) is -4.76. The van der Waals surface area contributed by atoms with Crippen LogP contribution >= 0.6 is 0 Å². The summed E-state index contributed by atoms with van der Waals surface area (Å²) in [5.41, 5.74) is 1.73. The van der Waals surface area contributed by atoms with Crippen LogP contribution in [0.4, 0.5) is 0 Å². The molecule has 0 amide bonds. The van der Waals surface area contributed by atoms with Crippen LogP contribution in [0.5, 0.6) is 11.5 Å². The number of aryl methyl sites for hydroxylation is 1. The summed E-state index contributed by atoms with van der Waals surface area (Å²) in [5.74, 6) is 1.83. The second kappa shape index (κ2) is 8.23. The van der Waals surface area contributed by atoms with Crippen LogP contribution in [0.3, 0.4) is 0 Å². The Morgan fingerprint density at radius 2 is 1.56 bits per heavy atom. The van der Waals surface area contributed by atoms with E-state index in [1.807, 2.05) is 37.3 Å². The number of hydrogen-bond acceptors (Lipinski definition) is 5. The zero-order valence-electron chi connectivity index (χ0n) is 17.5. The topological polar surface area (TPSA) is 119 Å². The van der Waals surface area contributed by atoms with Crippen LogP contribution < -0.4 is 9.88 Å². The van der Waals surface area contributed by atoms with Crippen molar-refractivity contribution in [3.8, 4) is 23.0 Å². The molecule has 0 aliphatic heterocycles. The number of aromatic nitrogens is 1. The minimum atomic E-state index is -4.76. The van der Waals surface area contributed by atoms with Gasteiger partial charge in [0.2, 0.25) is 5.89 Å². The molecule has 0 atom stereocenters. The van der Waals surface area contributed by atoms with E-state index in [1.165, 1.54) is 36.4 Å². The van der Waals surface area contributed by atoms with E-state index in [0.717, 1.165) is 17.0 Å². The number of oxazole rings is 1. The molecule has 0 saturated carbocycles. The van der Waals surface area contributed by atoms with Gasteiger partial charge < -0.3 is 14.3 Å². The Balaban J connectivity index is 1.42. The Morgan fingerprint density at radius 1 is 0.969 bits per heavy atom. The molecule has 0 aliphatic carbocycles. The third kappa shape index (κ3) is 4.43. The highest BCUT2D eigenvalue weighted by molar-refractivity contribution is 8.13. The highest BCUT2D eigenvalue weighted by atomic mass is 32.3. The number of aromatic hydroxyl groups is 1. The van der Waals surface area contributed by atoms with E-state index in [4.69, 9.17) is 14.3 Å². The summed E-state index contributed by atoms with van der Waals surface area (Å²) in [6.07, 6.45) is 0.550. The van der Waals surface area contributed by atoms with E-state index in [2.05, 4.69) is 4.98 Å². The fraction of sp³-hybridized carbons (Fsp3) is 0.125. The fourth-order valence-corrected chi connectivity index (χ4v) is 4.87. The van der Waals surface area contributed by atoms with E-state index in [9.17, 15) is 13.9 Å². The highest BCUT2D eigenvalue weighted by Crippen LogP contribution is 2.36. The fourth-order valence-electron chi connectivity index (χ4n) is 3.27. The quantitative estimate of drug-likeness (QED) is 0.378. The summed E-state index contributed by atoms with van der Waals surface area (Å²) in [5, 5.41) is 15.3. The molecule has 0 fully saturated rings. The van der Waals surface area contributed by atoms with Crippen molar-refractivity contribution in [2.45, 2.75) is 23.1 Å². The summed E-state index contributed by atoms with van der Waals surface area (Å²) in [4.78, 5) is 4.63. The van der Waals surface area contributed by atoms with Gasteiger partial charge in [-0.2, -0.15) is 4.21 Å². The molecule has 1 heterocycles. The minimum absolute atomic E-state index is 0.0149. The molecule has 4 aromatic rings. The molecule has 7 nitrogen and oxygen atoms in total. The molecular formula is C24H24N2O5S. The van der Waals surface area contributed by atoms with Gasteiger partial charge in [-0.25, -0.2) is 10.1 Å². The predicted octanol–water partition coefficient (Wildman–Crippen LogP) is 4.56. The number of phenols is 1. The van der Waals surface area contributed by atoms with E-state index >= 15 is 0 Å². The minimum Gasteiger partial charge on any atom is -0.508 e. The van der Waals surface area contributed by atoms with Gasteiger partial charge in [-0.1, -0.05) is 27.7 Å². The Kier molecular flexibility index (Phi) is 5.60. The van der Waals surface area contributed by atoms with Gasteiger partial charge in [-0.15, -0.1) is 0 Å². The number of hydrogen-bond donors (Lipinski definition) is 3. The van der Waals surface area contributed by atoms with Gasteiger partial charge in [-0.05, 0) is 67.6 Å². The molecule has 0 bridgehead atoms. The lowest BCUT2D eigenvalue weighted by Gasteiger charge is -2.38. The van der Waals surface area contributed by atoms with Crippen LogP contribution in [0.25, 0.3) is 11.5 Å². The maximum atomic E-state index is 13.2. The predicted molar refractivity (Wildman–Crippen MR) is 122 cm³/mol. The molecule has 3 aromatic carbocycles. The standard InChI is InChI=1S/C24H24N2O5S/c1-17-23(26-24(31-17)18-5-3-2-4-6-18)15-16-30-20-9-13-22(14-10-20)32(25,28,29)21-11-7-19(27)8-12-21/h2-14,27H,15-16H2,1H3,(H3,25,28,29). The molecule has 0 aliphatic rings. The summed E-state index contributed by atoms with van der Waals surface area (Å²) >= 11 is 0. The van der Waals surface area contributed by atoms with Crippen LogP contribution in [0, 0.1) is 6.92 Å². The van der Waals surface area contributed by atoms with Crippen molar-refractivity contribution in [3.63, 3.8) is 0 Å². The first-order valence-corrected chi connectivity index (χ1v) is 12.0. The van der Waals surface area contributed by atoms with Crippen molar-refractivity contribution in [3.05, 3.63) is 90.3 Å². The number of benzene rings is 3. The lowest BCUT2D eigenvalue weighted by molar-refractivity contribution is 0.319. The first-order chi connectivity index (χ1) is 15.2. The van der Waals surface area contributed by atoms with Gasteiger partial charge in [0.05, 0.1) is 22.1 Å². The molecule has 166 valence electrons. The molecule has 0 saturated heterocycles. The summed E-state index contributed by atoms with van der Waals surface area (Å²) in [6, 6.07) is 21.1. The highest BCUT2D eigenvalue weighted by Gasteiger charge is 2.27. The SMILES string of the molecule is Cc1oc(-c2ccccc2)nc1CCOc1ccc(S(N)(=O)(O)c2ccc(O)cc2)cc1. The largest absolute Gasteiger partial charge is 0.508 e. The first kappa shape index (κ1) is 21.8. The summed E-state index contributed by atoms with van der Waals surface area (Å²) in [6.45, 7) is 2.23. The van der Waals surface area contributed by atoms with Crippen LogP contribution in [0.2, 0.25) is 0 Å². The second-order valence-electron chi connectivity index (χ2n) is 7.41. The van der Waals surface area contributed by atoms with Crippen molar-refractivity contribution in [2.24, 2.45) is 5.14 Å². The van der Waals surface area contributed by atoms with Gasteiger partial charge in [0, 0.05) is 12.0 Å².